The van der Waals surface area contributed by atoms with Gasteiger partial charge in [-0.2, -0.15) is 0 Å². The Morgan fingerprint density at radius 1 is 1.37 bits per heavy atom. The van der Waals surface area contributed by atoms with Crippen LogP contribution in [0.1, 0.15) is 40.0 Å². The maximum absolute atomic E-state index is 11.3. The molecule has 1 heterocycles. The first-order valence-corrected chi connectivity index (χ1v) is 8.74. The Bertz CT molecular complexity index is 424. The van der Waals surface area contributed by atoms with Crippen LogP contribution in [0, 0.1) is 11.3 Å². The van der Waals surface area contributed by atoms with Crippen LogP contribution < -0.4 is 0 Å². The van der Waals surface area contributed by atoms with Crippen LogP contribution in [0.3, 0.4) is 0 Å². The molecule has 0 aromatic carbocycles. The monoisotopic (exact) mass is 291 g/mol. The number of amides is 1. The third-order valence-corrected chi connectivity index (χ3v) is 4.83. The number of carbonyl (C=O) groups is 1. The minimum absolute atomic E-state index is 0.0386. The fraction of sp³-hybridized carbons (Fsp3) is 0.923. The second-order valence-corrected chi connectivity index (χ2v) is 8.93. The van der Waals surface area contributed by atoms with Crippen molar-refractivity contribution in [3.8, 4) is 0 Å². The highest BCUT2D eigenvalue weighted by molar-refractivity contribution is 7.90. The maximum Gasteiger partial charge on any atom is 0.407 e. The molecule has 0 spiro atoms. The number of likely N-dealkylation sites (tertiary alicyclic amines) is 1. The van der Waals surface area contributed by atoms with Crippen LogP contribution >= 0.6 is 0 Å². The van der Waals surface area contributed by atoms with Gasteiger partial charge in [0.25, 0.3) is 0 Å². The molecule has 0 aliphatic carbocycles. The topological polar surface area (TPSA) is 74.7 Å². The molecule has 1 N–H and O–H groups in total. The summed E-state index contributed by atoms with van der Waals surface area (Å²) in [5.41, 5.74) is -0.123. The average Bonchev–Trinajstić information content (AvgIpc) is 2.23. The molecule has 5 nitrogen and oxygen atoms in total. The Morgan fingerprint density at radius 2 is 1.95 bits per heavy atom. The van der Waals surface area contributed by atoms with E-state index in [4.69, 9.17) is 0 Å². The van der Waals surface area contributed by atoms with Crippen LogP contribution in [0.2, 0.25) is 0 Å². The number of hydrogen-bond donors (Lipinski definition) is 1. The van der Waals surface area contributed by atoms with Gasteiger partial charge in [-0.05, 0) is 30.6 Å². The molecule has 1 aliphatic heterocycles. The Morgan fingerprint density at radius 3 is 2.37 bits per heavy atom. The second kappa shape index (κ2) is 5.69. The zero-order valence-corrected chi connectivity index (χ0v) is 13.0. The van der Waals surface area contributed by atoms with Crippen molar-refractivity contribution in [1.82, 2.24) is 4.90 Å². The molecule has 0 bridgehead atoms. The molecule has 19 heavy (non-hydrogen) atoms. The van der Waals surface area contributed by atoms with E-state index in [1.165, 1.54) is 11.2 Å². The van der Waals surface area contributed by atoms with Gasteiger partial charge in [0.1, 0.15) is 9.84 Å². The van der Waals surface area contributed by atoms with Gasteiger partial charge in [-0.15, -0.1) is 0 Å². The highest BCUT2D eigenvalue weighted by atomic mass is 32.2. The summed E-state index contributed by atoms with van der Waals surface area (Å²) < 4.78 is 22.4. The number of rotatable bonds is 3. The highest BCUT2D eigenvalue weighted by Gasteiger charge is 2.38. The van der Waals surface area contributed by atoms with Gasteiger partial charge >= 0.3 is 6.09 Å². The predicted molar refractivity (Wildman–Crippen MR) is 75.0 cm³/mol. The molecule has 2 unspecified atom stereocenters. The van der Waals surface area contributed by atoms with E-state index in [1.807, 2.05) is 20.8 Å². The van der Waals surface area contributed by atoms with Crippen LogP contribution in [0.25, 0.3) is 0 Å². The van der Waals surface area contributed by atoms with E-state index < -0.39 is 15.9 Å². The van der Waals surface area contributed by atoms with Crippen LogP contribution in [-0.2, 0) is 9.84 Å². The summed E-state index contributed by atoms with van der Waals surface area (Å²) in [5.74, 6) is 0.497. The van der Waals surface area contributed by atoms with Crippen molar-refractivity contribution in [2.24, 2.45) is 11.3 Å². The molecular weight excluding hydrogens is 266 g/mol. The summed E-state index contributed by atoms with van der Waals surface area (Å²) in [7, 11) is -2.94. The van der Waals surface area contributed by atoms with E-state index in [-0.39, 0.29) is 17.2 Å². The molecule has 2 atom stereocenters. The SMILES string of the molecule is CC(C)(C)C1CC(CCS(C)(=O)=O)CCN1C(=O)O. The average molecular weight is 291 g/mol. The predicted octanol–water partition coefficient (Wildman–Crippen LogP) is 2.23. The first-order chi connectivity index (χ1) is 8.50. The third-order valence-electron chi connectivity index (χ3n) is 3.85. The van der Waals surface area contributed by atoms with Crippen LogP contribution in [0.15, 0.2) is 0 Å². The largest absolute Gasteiger partial charge is 0.465 e. The molecule has 6 heteroatoms. The van der Waals surface area contributed by atoms with E-state index in [0.717, 1.165) is 12.8 Å². The normalized spacial score (nSPS) is 25.4. The molecule has 1 amide bonds. The van der Waals surface area contributed by atoms with Crippen LogP contribution in [0.4, 0.5) is 4.79 Å². The van der Waals surface area contributed by atoms with E-state index in [1.54, 1.807) is 0 Å². The Labute approximate surface area is 115 Å². The number of carboxylic acid groups (broad SMARTS) is 1. The van der Waals surface area contributed by atoms with E-state index >= 15 is 0 Å². The van der Waals surface area contributed by atoms with Gasteiger partial charge in [0.05, 0.1) is 5.75 Å². The number of piperidine rings is 1. The fourth-order valence-corrected chi connectivity index (χ4v) is 3.49. The highest BCUT2D eigenvalue weighted by Crippen LogP contribution is 2.35. The van der Waals surface area contributed by atoms with Crippen LogP contribution in [-0.4, -0.2) is 49.1 Å². The zero-order valence-electron chi connectivity index (χ0n) is 12.2. The van der Waals surface area contributed by atoms with E-state index in [2.05, 4.69) is 0 Å². The lowest BCUT2D eigenvalue weighted by atomic mass is 9.76. The fourth-order valence-electron chi connectivity index (χ4n) is 2.73. The van der Waals surface area contributed by atoms with Gasteiger partial charge in [-0.1, -0.05) is 20.8 Å². The smallest absolute Gasteiger partial charge is 0.407 e. The quantitative estimate of drug-likeness (QED) is 0.865. The Kier molecular flexibility index (Phi) is 4.87. The third kappa shape index (κ3) is 5.01. The van der Waals surface area contributed by atoms with Gasteiger partial charge in [0.15, 0.2) is 0 Å². The molecule has 0 aromatic rings. The minimum atomic E-state index is -2.94. The van der Waals surface area contributed by atoms with Crippen molar-refractivity contribution in [2.45, 2.75) is 46.1 Å². The number of sulfone groups is 1. The summed E-state index contributed by atoms with van der Waals surface area (Å²) in [6, 6.07) is -0.0386. The molecular formula is C13H25NO4S. The molecule has 1 rings (SSSR count). The summed E-state index contributed by atoms with van der Waals surface area (Å²) in [6.45, 7) is 6.61. The minimum Gasteiger partial charge on any atom is -0.465 e. The lowest BCUT2D eigenvalue weighted by molar-refractivity contribution is 0.0401. The Hall–Kier alpha value is -0.780. The molecule has 0 aromatic heterocycles. The van der Waals surface area contributed by atoms with Gasteiger partial charge < -0.3 is 10.0 Å². The van der Waals surface area contributed by atoms with Gasteiger partial charge in [0.2, 0.25) is 0 Å². The second-order valence-electron chi connectivity index (χ2n) is 6.67. The van der Waals surface area contributed by atoms with Crippen molar-refractivity contribution in [3.05, 3.63) is 0 Å². The Balaban J connectivity index is 2.71. The van der Waals surface area contributed by atoms with Crippen molar-refractivity contribution in [1.29, 1.82) is 0 Å². The van der Waals surface area contributed by atoms with Crippen molar-refractivity contribution < 1.29 is 18.3 Å². The van der Waals surface area contributed by atoms with E-state index in [9.17, 15) is 18.3 Å². The van der Waals surface area contributed by atoms with Gasteiger partial charge in [-0.25, -0.2) is 13.2 Å². The van der Waals surface area contributed by atoms with Gasteiger partial charge in [0, 0.05) is 18.8 Å². The lowest BCUT2D eigenvalue weighted by Gasteiger charge is -2.44. The standard InChI is InChI=1S/C13H25NO4S/c1-13(2,3)11-9-10(6-8-19(4,17)18)5-7-14(11)12(15)16/h10-11H,5-9H2,1-4H3,(H,15,16). The first-order valence-electron chi connectivity index (χ1n) is 6.68. The van der Waals surface area contributed by atoms with Crippen LogP contribution in [0.5, 0.6) is 0 Å². The number of hydrogen-bond acceptors (Lipinski definition) is 3. The number of nitrogens with zero attached hydrogens (tertiary/aromatic N) is 1. The van der Waals surface area contributed by atoms with E-state index in [0.29, 0.717) is 18.9 Å². The first kappa shape index (κ1) is 16.3. The van der Waals surface area contributed by atoms with Crippen molar-refractivity contribution in [2.75, 3.05) is 18.6 Å². The summed E-state index contributed by atoms with van der Waals surface area (Å²) >= 11 is 0. The lowest BCUT2D eigenvalue weighted by Crippen LogP contribution is -2.51. The zero-order chi connectivity index (χ0) is 14.8. The molecule has 1 fully saturated rings. The summed E-state index contributed by atoms with van der Waals surface area (Å²) in [5, 5.41) is 9.25. The maximum atomic E-state index is 11.3. The van der Waals surface area contributed by atoms with Crippen molar-refractivity contribution in [3.63, 3.8) is 0 Å². The van der Waals surface area contributed by atoms with Gasteiger partial charge in [-0.3, -0.25) is 0 Å². The molecule has 0 saturated carbocycles. The summed E-state index contributed by atoms with van der Waals surface area (Å²) in [4.78, 5) is 12.8. The van der Waals surface area contributed by atoms with Crippen molar-refractivity contribution >= 4 is 15.9 Å². The summed E-state index contributed by atoms with van der Waals surface area (Å²) in [6.07, 6.45) is 2.53. The molecule has 112 valence electrons. The molecule has 0 radical (unpaired) electrons. The molecule has 1 saturated heterocycles. The molecule has 1 aliphatic rings.